The zero-order valence-electron chi connectivity index (χ0n) is 16.9. The molecule has 2 heterocycles. The van der Waals surface area contributed by atoms with Crippen molar-refractivity contribution in [3.05, 3.63) is 64.5 Å². The highest BCUT2D eigenvalue weighted by atomic mass is 79.9. The molecule has 0 amide bonds. The van der Waals surface area contributed by atoms with Gasteiger partial charge in [-0.2, -0.15) is 0 Å². The molecule has 0 bridgehead atoms. The summed E-state index contributed by atoms with van der Waals surface area (Å²) in [7, 11) is -4.34. The minimum Gasteiger partial charge on any atom is -0.424 e. The molecule has 32 heavy (non-hydrogen) atoms. The first-order valence-electron chi connectivity index (χ1n) is 9.54. The van der Waals surface area contributed by atoms with Gasteiger partial charge in [-0.15, -0.1) is 5.10 Å². The van der Waals surface area contributed by atoms with Crippen LogP contribution >= 0.6 is 15.9 Å². The van der Waals surface area contributed by atoms with Gasteiger partial charge in [0.25, 0.3) is 0 Å². The van der Waals surface area contributed by atoms with Gasteiger partial charge in [0.05, 0.1) is 6.04 Å². The van der Waals surface area contributed by atoms with E-state index < -0.39 is 32.6 Å². The number of fused-ring (bicyclic) bond motifs is 1. The molecule has 0 saturated carbocycles. The topological polar surface area (TPSA) is 102 Å². The average Bonchev–Trinajstić information content (AvgIpc) is 3.32. The lowest BCUT2D eigenvalue weighted by Gasteiger charge is -2.16. The maximum absolute atomic E-state index is 14.2. The van der Waals surface area contributed by atoms with E-state index in [0.29, 0.717) is 18.4 Å². The zero-order valence-corrected chi connectivity index (χ0v) is 19.3. The van der Waals surface area contributed by atoms with Crippen molar-refractivity contribution in [3.63, 3.8) is 0 Å². The van der Waals surface area contributed by atoms with E-state index in [-0.39, 0.29) is 16.3 Å². The molecule has 168 valence electrons. The lowest BCUT2D eigenvalue weighted by Crippen LogP contribution is -2.30. The fourth-order valence-electron chi connectivity index (χ4n) is 3.32. The number of H-pyrrole nitrogens is 1. The van der Waals surface area contributed by atoms with Gasteiger partial charge in [-0.3, -0.25) is 4.57 Å². The Labute approximate surface area is 190 Å². The van der Waals surface area contributed by atoms with Crippen molar-refractivity contribution in [2.24, 2.45) is 0 Å². The first-order chi connectivity index (χ1) is 15.2. The fraction of sp³-hybridized carbons (Fsp3) is 0.200. The lowest BCUT2D eigenvalue weighted by atomic mass is 10.2. The molecule has 0 aliphatic carbocycles. The first kappa shape index (κ1) is 22.4. The van der Waals surface area contributed by atoms with Crippen molar-refractivity contribution >= 4 is 36.9 Å². The van der Waals surface area contributed by atoms with Crippen molar-refractivity contribution in [1.82, 2.24) is 24.5 Å². The number of nitrogens with zero attached hydrogens (tertiary/aromatic N) is 3. The van der Waals surface area contributed by atoms with Crippen molar-refractivity contribution in [3.8, 4) is 11.8 Å². The maximum atomic E-state index is 14.2. The lowest BCUT2D eigenvalue weighted by molar-refractivity contribution is 0.408. The van der Waals surface area contributed by atoms with Crippen molar-refractivity contribution in [2.45, 2.75) is 31.3 Å². The second kappa shape index (κ2) is 8.60. The highest BCUT2D eigenvalue weighted by Gasteiger charge is 2.28. The van der Waals surface area contributed by atoms with Gasteiger partial charge in [-0.05, 0) is 59.4 Å². The average molecular weight is 526 g/mol. The zero-order chi connectivity index (χ0) is 23.0. The van der Waals surface area contributed by atoms with Crippen LogP contribution in [0.1, 0.15) is 25.7 Å². The predicted molar refractivity (Wildman–Crippen MR) is 117 cm³/mol. The van der Waals surface area contributed by atoms with Crippen LogP contribution in [-0.4, -0.2) is 28.2 Å². The summed E-state index contributed by atoms with van der Waals surface area (Å²) in [5.74, 6) is -1.31. The van der Waals surface area contributed by atoms with E-state index in [1.807, 2.05) is 31.3 Å². The molecule has 0 aliphatic rings. The summed E-state index contributed by atoms with van der Waals surface area (Å²) in [5.41, 5.74) is 0.887. The minimum atomic E-state index is -4.34. The first-order valence-corrected chi connectivity index (χ1v) is 11.8. The number of nitrogens with one attached hydrogen (secondary N) is 2. The molecule has 0 spiro atoms. The van der Waals surface area contributed by atoms with E-state index in [4.69, 9.17) is 4.74 Å². The SMILES string of the molecule is CCn1c(Oc2ccc3cc[nH]c3c2)nnc1[C@@H](C)NS(=O)(=O)c1c(F)cc(F)cc1Br. The van der Waals surface area contributed by atoms with Crippen LogP contribution in [0.2, 0.25) is 0 Å². The molecule has 2 aromatic carbocycles. The smallest absolute Gasteiger partial charge is 0.322 e. The Morgan fingerprint density at radius 3 is 2.72 bits per heavy atom. The number of ether oxygens (including phenoxy) is 1. The van der Waals surface area contributed by atoms with Crippen LogP contribution in [0.5, 0.6) is 11.8 Å². The van der Waals surface area contributed by atoms with Crippen molar-refractivity contribution in [1.29, 1.82) is 0 Å². The quantitative estimate of drug-likeness (QED) is 0.365. The summed E-state index contributed by atoms with van der Waals surface area (Å²) in [6.45, 7) is 3.76. The van der Waals surface area contributed by atoms with E-state index in [1.165, 1.54) is 6.92 Å². The van der Waals surface area contributed by atoms with E-state index in [0.717, 1.165) is 17.0 Å². The molecule has 2 aromatic heterocycles. The third-order valence-corrected chi connectivity index (χ3v) is 7.25. The molecule has 12 heteroatoms. The monoisotopic (exact) mass is 525 g/mol. The number of rotatable bonds is 7. The third-order valence-electron chi connectivity index (χ3n) is 4.75. The fourth-order valence-corrected chi connectivity index (χ4v) is 5.69. The Hall–Kier alpha value is -2.83. The standard InChI is InChI=1S/C20H18BrF2N5O3S/c1-3-28-19(11(2)27-32(29,30)18-15(21)8-13(22)9-16(18)23)25-26-20(28)31-14-5-4-12-6-7-24-17(12)10-14/h4-11,24,27H,3H2,1-2H3/t11-/m1/s1. The second-order valence-electron chi connectivity index (χ2n) is 6.96. The summed E-state index contributed by atoms with van der Waals surface area (Å²) in [5, 5.41) is 9.12. The summed E-state index contributed by atoms with van der Waals surface area (Å²) < 4.78 is 62.7. The Morgan fingerprint density at radius 2 is 2.00 bits per heavy atom. The number of aromatic amines is 1. The van der Waals surface area contributed by atoms with Gasteiger partial charge >= 0.3 is 6.01 Å². The van der Waals surface area contributed by atoms with Gasteiger partial charge in [0.1, 0.15) is 22.3 Å². The summed E-state index contributed by atoms with van der Waals surface area (Å²) >= 11 is 2.91. The molecule has 2 N–H and O–H groups in total. The van der Waals surface area contributed by atoms with Gasteiger partial charge in [0.15, 0.2) is 5.82 Å². The van der Waals surface area contributed by atoms with Crippen LogP contribution in [0.15, 0.2) is 52.0 Å². The predicted octanol–water partition coefficient (Wildman–Crippen LogP) is 4.65. The number of aromatic nitrogens is 4. The molecule has 0 fully saturated rings. The highest BCUT2D eigenvalue weighted by molar-refractivity contribution is 9.10. The molecular weight excluding hydrogens is 508 g/mol. The largest absolute Gasteiger partial charge is 0.424 e. The number of hydrogen-bond donors (Lipinski definition) is 2. The van der Waals surface area contributed by atoms with Crippen molar-refractivity contribution in [2.75, 3.05) is 0 Å². The van der Waals surface area contributed by atoms with Gasteiger partial charge in [-0.25, -0.2) is 21.9 Å². The summed E-state index contributed by atoms with van der Waals surface area (Å²) in [4.78, 5) is 2.40. The van der Waals surface area contributed by atoms with Crippen LogP contribution < -0.4 is 9.46 Å². The van der Waals surface area contributed by atoms with E-state index in [2.05, 4.69) is 35.8 Å². The van der Waals surface area contributed by atoms with Crippen LogP contribution in [0.4, 0.5) is 8.78 Å². The van der Waals surface area contributed by atoms with Gasteiger partial charge < -0.3 is 9.72 Å². The van der Waals surface area contributed by atoms with E-state index in [9.17, 15) is 17.2 Å². The molecule has 0 saturated heterocycles. The second-order valence-corrected chi connectivity index (χ2v) is 9.46. The van der Waals surface area contributed by atoms with Gasteiger partial charge in [-0.1, -0.05) is 5.10 Å². The third kappa shape index (κ3) is 4.25. The summed E-state index contributed by atoms with van der Waals surface area (Å²) in [6, 6.07) is 8.09. The van der Waals surface area contributed by atoms with Crippen LogP contribution in [-0.2, 0) is 16.6 Å². The molecule has 1 atom stereocenters. The number of halogens is 3. The molecular formula is C20H18BrF2N5O3S. The van der Waals surface area contributed by atoms with Crippen LogP contribution in [0.3, 0.4) is 0 Å². The minimum absolute atomic E-state index is 0.175. The Kier molecular flexibility index (Phi) is 6.01. The van der Waals surface area contributed by atoms with Gasteiger partial charge in [0, 0.05) is 34.9 Å². The van der Waals surface area contributed by atoms with E-state index >= 15 is 0 Å². The highest BCUT2D eigenvalue weighted by Crippen LogP contribution is 2.29. The van der Waals surface area contributed by atoms with Gasteiger partial charge in [0.2, 0.25) is 10.0 Å². The molecule has 0 unspecified atom stereocenters. The Morgan fingerprint density at radius 1 is 1.22 bits per heavy atom. The molecule has 4 rings (SSSR count). The number of benzene rings is 2. The maximum Gasteiger partial charge on any atom is 0.322 e. The molecule has 0 radical (unpaired) electrons. The summed E-state index contributed by atoms with van der Waals surface area (Å²) in [6.07, 6.45) is 1.82. The number of hydrogen-bond acceptors (Lipinski definition) is 5. The normalized spacial score (nSPS) is 12.9. The molecule has 4 aromatic rings. The molecule has 8 nitrogen and oxygen atoms in total. The van der Waals surface area contributed by atoms with Crippen molar-refractivity contribution < 1.29 is 21.9 Å². The Balaban J connectivity index is 1.60. The van der Waals surface area contributed by atoms with E-state index in [1.54, 1.807) is 10.6 Å². The van der Waals surface area contributed by atoms with Crippen LogP contribution in [0, 0.1) is 11.6 Å². The molecule has 0 aliphatic heterocycles. The van der Waals surface area contributed by atoms with Crippen LogP contribution in [0.25, 0.3) is 10.9 Å². The number of sulfonamides is 1. The Bertz CT molecular complexity index is 1380.